The molecule has 2 N–H and O–H groups in total. The van der Waals surface area contributed by atoms with Crippen LogP contribution in [0.5, 0.6) is 0 Å². The smallest absolute Gasteiger partial charge is 0.248 e. The van der Waals surface area contributed by atoms with Crippen LogP contribution in [0.3, 0.4) is 0 Å². The molecule has 0 bridgehead atoms. The lowest BCUT2D eigenvalue weighted by atomic mass is 10.0. The van der Waals surface area contributed by atoms with E-state index in [0.29, 0.717) is 16.4 Å². The van der Waals surface area contributed by atoms with Gasteiger partial charge in [-0.15, -0.1) is 0 Å². The maximum Gasteiger partial charge on any atom is 0.248 e. The minimum absolute atomic E-state index is 0.209. The van der Waals surface area contributed by atoms with Crippen LogP contribution in [-0.4, -0.2) is 11.8 Å². The van der Waals surface area contributed by atoms with Crippen LogP contribution >= 0.6 is 11.6 Å². The summed E-state index contributed by atoms with van der Waals surface area (Å²) in [6.07, 6.45) is 3.23. The molecular formula is C23H19ClN2O2. The Bertz CT molecular complexity index is 1030. The molecule has 4 nitrogen and oxygen atoms in total. The van der Waals surface area contributed by atoms with Gasteiger partial charge in [-0.25, -0.2) is 0 Å². The Labute approximate surface area is 168 Å². The van der Waals surface area contributed by atoms with E-state index >= 15 is 0 Å². The van der Waals surface area contributed by atoms with Crippen LogP contribution in [0.15, 0.2) is 78.9 Å². The lowest BCUT2D eigenvalue weighted by Gasteiger charge is -2.08. The number of nitrogens with one attached hydrogen (secondary N) is 2. The molecule has 0 aliphatic rings. The highest BCUT2D eigenvalue weighted by atomic mass is 35.5. The van der Waals surface area contributed by atoms with Crippen LogP contribution in [0, 0.1) is 0 Å². The quantitative estimate of drug-likeness (QED) is 0.555. The number of hydrogen-bond acceptors (Lipinski definition) is 2. The average molecular weight is 391 g/mol. The summed E-state index contributed by atoms with van der Waals surface area (Å²) in [5, 5.41) is 5.73. The van der Waals surface area contributed by atoms with E-state index in [2.05, 4.69) is 10.6 Å². The van der Waals surface area contributed by atoms with Crippen molar-refractivity contribution < 1.29 is 9.59 Å². The maximum absolute atomic E-state index is 12.2. The van der Waals surface area contributed by atoms with Gasteiger partial charge in [0.2, 0.25) is 11.8 Å². The van der Waals surface area contributed by atoms with E-state index in [9.17, 15) is 9.59 Å². The number of carbonyl (C=O) groups excluding carboxylic acids is 2. The van der Waals surface area contributed by atoms with Gasteiger partial charge in [0.1, 0.15) is 0 Å². The van der Waals surface area contributed by atoms with Crippen molar-refractivity contribution in [3.05, 3.63) is 89.5 Å². The number of halogens is 1. The first-order valence-electron chi connectivity index (χ1n) is 8.73. The second kappa shape index (κ2) is 9.02. The summed E-state index contributed by atoms with van der Waals surface area (Å²) in [6.45, 7) is 1.41. The fraction of sp³-hybridized carbons (Fsp3) is 0.0435. The normalized spacial score (nSPS) is 10.6. The molecule has 0 aliphatic carbocycles. The largest absolute Gasteiger partial charge is 0.325 e. The average Bonchev–Trinajstić information content (AvgIpc) is 2.69. The van der Waals surface area contributed by atoms with Gasteiger partial charge in [0, 0.05) is 18.7 Å². The van der Waals surface area contributed by atoms with Gasteiger partial charge >= 0.3 is 0 Å². The molecule has 0 spiro atoms. The van der Waals surface area contributed by atoms with Crippen LogP contribution in [0.25, 0.3) is 17.2 Å². The number of hydrogen-bond donors (Lipinski definition) is 2. The molecule has 2 amide bonds. The van der Waals surface area contributed by atoms with E-state index in [0.717, 1.165) is 16.7 Å². The Balaban J connectivity index is 1.67. The first-order valence-corrected chi connectivity index (χ1v) is 9.11. The predicted molar refractivity (Wildman–Crippen MR) is 115 cm³/mol. The molecule has 0 heterocycles. The number of benzene rings is 3. The standard InChI is InChI=1S/C23H19ClN2O2/c1-16(27)25-22-12-11-20(15-21(22)24)26-23(28)13-10-17-6-5-9-19(14-17)18-7-3-2-4-8-18/h2-15H,1H3,(H,25,27)(H,26,28)/b13-10+. The van der Waals surface area contributed by atoms with Crippen molar-refractivity contribution >= 4 is 40.9 Å². The Kier molecular flexibility index (Phi) is 6.25. The molecule has 28 heavy (non-hydrogen) atoms. The fourth-order valence-corrected chi connectivity index (χ4v) is 2.92. The molecule has 0 aromatic heterocycles. The summed E-state index contributed by atoms with van der Waals surface area (Å²) in [7, 11) is 0. The third-order valence-corrected chi connectivity index (χ3v) is 4.28. The molecule has 3 aromatic carbocycles. The molecule has 3 rings (SSSR count). The van der Waals surface area contributed by atoms with E-state index < -0.39 is 0 Å². The highest BCUT2D eigenvalue weighted by Crippen LogP contribution is 2.25. The van der Waals surface area contributed by atoms with Gasteiger partial charge in [0.05, 0.1) is 10.7 Å². The lowest BCUT2D eigenvalue weighted by Crippen LogP contribution is -2.09. The van der Waals surface area contributed by atoms with Crippen molar-refractivity contribution in [3.63, 3.8) is 0 Å². The second-order valence-corrected chi connectivity index (χ2v) is 6.60. The number of anilines is 2. The SMILES string of the molecule is CC(=O)Nc1ccc(NC(=O)/C=C/c2cccc(-c3ccccc3)c2)cc1Cl. The van der Waals surface area contributed by atoms with Crippen molar-refractivity contribution in [2.24, 2.45) is 0 Å². The molecule has 5 heteroatoms. The lowest BCUT2D eigenvalue weighted by molar-refractivity contribution is -0.114. The summed E-state index contributed by atoms with van der Waals surface area (Å²) in [5.41, 5.74) is 4.18. The number of carbonyl (C=O) groups is 2. The van der Waals surface area contributed by atoms with Gasteiger partial charge in [0.25, 0.3) is 0 Å². The van der Waals surface area contributed by atoms with E-state index in [1.54, 1.807) is 24.3 Å². The molecule has 140 valence electrons. The Morgan fingerprint density at radius 1 is 0.857 bits per heavy atom. The molecule has 0 saturated carbocycles. The molecule has 0 saturated heterocycles. The van der Waals surface area contributed by atoms with Gasteiger partial charge in [-0.1, -0.05) is 60.1 Å². The minimum atomic E-state index is -0.270. The van der Waals surface area contributed by atoms with Gasteiger partial charge < -0.3 is 10.6 Å². The Morgan fingerprint density at radius 2 is 1.61 bits per heavy atom. The molecular weight excluding hydrogens is 372 g/mol. The third-order valence-electron chi connectivity index (χ3n) is 3.97. The van der Waals surface area contributed by atoms with Crippen LogP contribution in [0.2, 0.25) is 5.02 Å². The molecule has 0 fully saturated rings. The summed E-state index contributed by atoms with van der Waals surface area (Å²) in [4.78, 5) is 23.3. The van der Waals surface area contributed by atoms with E-state index in [4.69, 9.17) is 11.6 Å². The molecule has 0 unspecified atom stereocenters. The van der Waals surface area contributed by atoms with Gasteiger partial charge in [0.15, 0.2) is 0 Å². The molecule has 0 aliphatic heterocycles. The zero-order chi connectivity index (χ0) is 19.9. The van der Waals surface area contributed by atoms with Gasteiger partial charge in [-0.3, -0.25) is 9.59 Å². The predicted octanol–water partition coefficient (Wildman–Crippen LogP) is 5.62. The second-order valence-electron chi connectivity index (χ2n) is 6.19. The van der Waals surface area contributed by atoms with E-state index in [1.807, 2.05) is 54.6 Å². The first kappa shape index (κ1) is 19.4. The van der Waals surface area contributed by atoms with Crippen LogP contribution in [0.1, 0.15) is 12.5 Å². The Hall–Kier alpha value is -3.37. The number of amides is 2. The summed E-state index contributed by atoms with van der Waals surface area (Å²) >= 11 is 6.12. The molecule has 3 aromatic rings. The fourth-order valence-electron chi connectivity index (χ4n) is 2.69. The monoisotopic (exact) mass is 390 g/mol. The number of rotatable bonds is 5. The zero-order valence-corrected chi connectivity index (χ0v) is 16.0. The van der Waals surface area contributed by atoms with Crippen molar-refractivity contribution in [3.8, 4) is 11.1 Å². The first-order chi connectivity index (χ1) is 13.5. The summed E-state index contributed by atoms with van der Waals surface area (Å²) < 4.78 is 0. The van der Waals surface area contributed by atoms with E-state index in [1.165, 1.54) is 13.0 Å². The summed E-state index contributed by atoms with van der Waals surface area (Å²) in [5.74, 6) is -0.479. The highest BCUT2D eigenvalue weighted by Gasteiger charge is 2.05. The van der Waals surface area contributed by atoms with Crippen molar-refractivity contribution in [2.75, 3.05) is 10.6 Å². The maximum atomic E-state index is 12.2. The topological polar surface area (TPSA) is 58.2 Å². The van der Waals surface area contributed by atoms with Crippen LogP contribution < -0.4 is 10.6 Å². The van der Waals surface area contributed by atoms with Crippen LogP contribution in [-0.2, 0) is 9.59 Å². The van der Waals surface area contributed by atoms with Crippen molar-refractivity contribution in [1.82, 2.24) is 0 Å². The molecule has 0 atom stereocenters. The summed E-state index contributed by atoms with van der Waals surface area (Å²) in [6, 6.07) is 22.9. The van der Waals surface area contributed by atoms with Crippen molar-refractivity contribution in [2.45, 2.75) is 6.92 Å². The van der Waals surface area contributed by atoms with E-state index in [-0.39, 0.29) is 11.8 Å². The molecule has 0 radical (unpaired) electrons. The van der Waals surface area contributed by atoms with Crippen LogP contribution in [0.4, 0.5) is 11.4 Å². The van der Waals surface area contributed by atoms with Gasteiger partial charge in [-0.2, -0.15) is 0 Å². The Morgan fingerprint density at radius 3 is 2.32 bits per heavy atom. The van der Waals surface area contributed by atoms with Gasteiger partial charge in [-0.05, 0) is 47.0 Å². The highest BCUT2D eigenvalue weighted by molar-refractivity contribution is 6.34. The third kappa shape index (κ3) is 5.32. The zero-order valence-electron chi connectivity index (χ0n) is 15.3. The minimum Gasteiger partial charge on any atom is -0.325 e. The van der Waals surface area contributed by atoms with Crippen molar-refractivity contribution in [1.29, 1.82) is 0 Å².